The first-order valence-electron chi connectivity index (χ1n) is 18.5. The molecule has 13 aliphatic rings. The van der Waals surface area contributed by atoms with E-state index < -0.39 is 73.9 Å². The van der Waals surface area contributed by atoms with Gasteiger partial charge in [-0.25, -0.2) is 4.79 Å². The lowest BCUT2D eigenvalue weighted by Crippen LogP contribution is -2.53. The molecule has 0 aromatic carbocycles. The lowest BCUT2D eigenvalue weighted by Gasteiger charge is -2.45. The monoisotopic (exact) mass is 740 g/mol. The summed E-state index contributed by atoms with van der Waals surface area (Å²) in [5, 5.41) is 6.36. The molecule has 16 unspecified atom stereocenters. The van der Waals surface area contributed by atoms with Gasteiger partial charge in [0.1, 0.15) is 36.0 Å². The van der Waals surface area contributed by atoms with E-state index in [1.54, 1.807) is 0 Å². The van der Waals surface area contributed by atoms with Gasteiger partial charge in [0.2, 0.25) is 0 Å². The van der Waals surface area contributed by atoms with Gasteiger partial charge < -0.3 is 28.8 Å². The van der Waals surface area contributed by atoms with Gasteiger partial charge in [0, 0.05) is 40.9 Å². The average molecular weight is 741 g/mol. The maximum absolute atomic E-state index is 14.2. The second kappa shape index (κ2) is 10.3. The Balaban J connectivity index is 0.874. The Bertz CT molecular complexity index is 1730. The first-order valence-corrected chi connectivity index (χ1v) is 19.9. The molecule has 2 N–H and O–H groups in total. The van der Waals surface area contributed by atoms with Gasteiger partial charge in [0.15, 0.2) is 12.1 Å². The van der Waals surface area contributed by atoms with Crippen LogP contribution in [0.4, 0.5) is 8.78 Å². The Morgan fingerprint density at radius 1 is 0.882 bits per heavy atom. The number of hydrogen-bond donors (Lipinski definition) is 2. The largest absolute Gasteiger partial charge is 0.465 e. The quantitative estimate of drug-likeness (QED) is 0.189. The van der Waals surface area contributed by atoms with Crippen molar-refractivity contribution in [3.8, 4) is 0 Å². The third-order valence-electron chi connectivity index (χ3n) is 15.5. The van der Waals surface area contributed by atoms with Gasteiger partial charge in [-0.15, -0.1) is 0 Å². The molecular formula is C35H42F2O13S. The molecule has 0 amide bonds. The highest BCUT2D eigenvalue weighted by molar-refractivity contribution is 7.87. The highest BCUT2D eigenvalue weighted by atomic mass is 32.2. The van der Waals surface area contributed by atoms with Crippen LogP contribution >= 0.6 is 0 Å². The van der Waals surface area contributed by atoms with Crippen molar-refractivity contribution in [3.63, 3.8) is 0 Å². The summed E-state index contributed by atoms with van der Waals surface area (Å²) in [5.41, 5.74) is -2.74. The molecule has 16 atom stereocenters. The summed E-state index contributed by atoms with van der Waals surface area (Å²) >= 11 is 0. The molecule has 1 aliphatic heterocycles. The van der Waals surface area contributed by atoms with Gasteiger partial charge in [-0.05, 0) is 94.8 Å². The Hall–Kier alpha value is -2.11. The van der Waals surface area contributed by atoms with Gasteiger partial charge in [-0.2, -0.15) is 17.2 Å². The molecule has 13 rings (SSSR count). The van der Waals surface area contributed by atoms with Crippen molar-refractivity contribution in [1.29, 1.82) is 0 Å². The van der Waals surface area contributed by atoms with Gasteiger partial charge in [0.25, 0.3) is 0 Å². The fourth-order valence-electron chi connectivity index (χ4n) is 13.8. The smallest absolute Gasteiger partial charge is 0.462 e. The van der Waals surface area contributed by atoms with E-state index in [4.69, 9.17) is 28.2 Å². The maximum atomic E-state index is 14.2. The zero-order valence-electron chi connectivity index (χ0n) is 27.9. The zero-order valence-corrected chi connectivity index (χ0v) is 28.7. The Labute approximate surface area is 292 Å². The summed E-state index contributed by atoms with van der Waals surface area (Å²) in [4.78, 5) is 51.6. The van der Waals surface area contributed by atoms with Crippen LogP contribution in [0.2, 0.25) is 0 Å². The molecule has 1 spiro atoms. The fourth-order valence-corrected chi connectivity index (χ4v) is 14.1. The standard InChI is InChI=1S/C35H42F2O13S/c36-35(37,51(43,44)45)30(42)50-32-8-17-4-20(10-32)34(23(17)12-32)48-24(13-46-28(40)31-6-16-3-19(7-31)26(38)21(16)11-31)25(49-34)14-47-29(41)33-5-15-1-18(9-33)27(39)22(33)2-15/h15-25,29,41H,1-14H2,(H,43,44,45). The number of halogens is 2. The molecule has 0 aromatic rings. The molecule has 51 heavy (non-hydrogen) atoms. The highest BCUT2D eigenvalue weighted by Gasteiger charge is 2.75. The summed E-state index contributed by atoms with van der Waals surface area (Å²) < 4.78 is 90.6. The zero-order chi connectivity index (χ0) is 35.7. The lowest BCUT2D eigenvalue weighted by molar-refractivity contribution is -0.263. The van der Waals surface area contributed by atoms with E-state index in [2.05, 4.69) is 0 Å². The van der Waals surface area contributed by atoms with E-state index in [9.17, 15) is 41.5 Å². The topological polar surface area (TPSA) is 189 Å². The normalized spacial score (nSPS) is 51.5. The molecule has 1 heterocycles. The minimum absolute atomic E-state index is 0.0486. The number of ether oxygens (including phenoxy) is 5. The summed E-state index contributed by atoms with van der Waals surface area (Å²) in [6, 6.07) is 0. The molecule has 13 nitrogen and oxygen atoms in total. The molecule has 0 aromatic heterocycles. The third kappa shape index (κ3) is 4.37. The number of carbonyl (C=O) groups excluding carboxylic acids is 4. The van der Waals surface area contributed by atoms with Crippen LogP contribution < -0.4 is 0 Å². The van der Waals surface area contributed by atoms with Gasteiger partial charge in [-0.1, -0.05) is 0 Å². The second-order valence-corrected chi connectivity index (χ2v) is 19.5. The second-order valence-electron chi connectivity index (χ2n) is 18.0. The van der Waals surface area contributed by atoms with Crippen molar-refractivity contribution >= 4 is 33.6 Å². The SMILES string of the molecule is O=C1C2CC3CC(C(=O)OCC4OC5(OC4COC(O)C46CC7CC(C4)C(=O)C6C7)C4CC6CC(OC(=O)C(F)(F)S(=O)(=O)O)(C4)CC65)(C2)CC13. The van der Waals surface area contributed by atoms with E-state index >= 15 is 0 Å². The van der Waals surface area contributed by atoms with Crippen molar-refractivity contribution in [1.82, 2.24) is 0 Å². The summed E-state index contributed by atoms with van der Waals surface area (Å²) in [6.45, 7) is -0.304. The van der Waals surface area contributed by atoms with Gasteiger partial charge >= 0.3 is 27.3 Å². The Morgan fingerprint density at radius 2 is 1.63 bits per heavy atom. The van der Waals surface area contributed by atoms with Crippen molar-refractivity contribution in [2.24, 2.45) is 64.1 Å². The van der Waals surface area contributed by atoms with E-state index in [1.807, 2.05) is 0 Å². The number of aliphatic hydroxyl groups excluding tert-OH is 1. The Morgan fingerprint density at radius 3 is 2.33 bits per heavy atom. The van der Waals surface area contributed by atoms with Gasteiger partial charge in [0.05, 0.1) is 12.0 Å². The molecule has 0 radical (unpaired) electrons. The van der Waals surface area contributed by atoms with Crippen LogP contribution in [0.1, 0.15) is 77.0 Å². The number of Topliss-reactive ketones (excluding diaryl/α,β-unsaturated/α-hetero) is 2. The highest BCUT2D eigenvalue weighted by Crippen LogP contribution is 2.69. The minimum atomic E-state index is -6.04. The number of esters is 2. The van der Waals surface area contributed by atoms with Crippen LogP contribution in [0.25, 0.3) is 0 Å². The predicted octanol–water partition coefficient (Wildman–Crippen LogP) is 2.57. The molecule has 16 heteroatoms. The number of rotatable bonds is 10. The van der Waals surface area contributed by atoms with E-state index in [0.29, 0.717) is 44.4 Å². The van der Waals surface area contributed by atoms with E-state index in [0.717, 1.165) is 19.3 Å². The van der Waals surface area contributed by atoms with Crippen molar-refractivity contribution in [2.45, 2.75) is 112 Å². The molecular weight excluding hydrogens is 698 g/mol. The number of hydrogen-bond acceptors (Lipinski definition) is 12. The van der Waals surface area contributed by atoms with E-state index in [1.165, 1.54) is 0 Å². The van der Waals surface area contributed by atoms with Crippen LogP contribution in [0.5, 0.6) is 0 Å². The third-order valence-corrected chi connectivity index (χ3v) is 16.3. The fraction of sp³-hybridized carbons (Fsp3) is 0.886. The average Bonchev–Trinajstić information content (AvgIpc) is 3.86. The first kappa shape index (κ1) is 33.5. The number of ketones is 2. The van der Waals surface area contributed by atoms with Crippen LogP contribution in [-0.4, -0.2) is 89.9 Å². The summed E-state index contributed by atoms with van der Waals surface area (Å²) in [6.07, 6.45) is 3.32. The molecule has 280 valence electrons. The lowest BCUT2D eigenvalue weighted by atomic mass is 9.69. The molecule has 13 fully saturated rings. The summed E-state index contributed by atoms with van der Waals surface area (Å²) in [7, 11) is -6.04. The first-order chi connectivity index (χ1) is 24.0. The van der Waals surface area contributed by atoms with E-state index in [-0.39, 0.29) is 85.5 Å². The van der Waals surface area contributed by atoms with Crippen LogP contribution in [0.3, 0.4) is 0 Å². The number of alkyl halides is 2. The van der Waals surface area contributed by atoms with Crippen LogP contribution in [0, 0.1) is 64.1 Å². The molecule has 12 saturated carbocycles. The predicted molar refractivity (Wildman–Crippen MR) is 162 cm³/mol. The van der Waals surface area contributed by atoms with Gasteiger partial charge in [-0.3, -0.25) is 18.9 Å². The number of aliphatic hydroxyl groups is 1. The minimum Gasteiger partial charge on any atom is -0.462 e. The summed E-state index contributed by atoms with van der Waals surface area (Å²) in [5.74, 6) is -4.45. The van der Waals surface area contributed by atoms with Crippen molar-refractivity contribution in [2.75, 3.05) is 13.2 Å². The molecule has 1 saturated heterocycles. The van der Waals surface area contributed by atoms with Crippen molar-refractivity contribution in [3.05, 3.63) is 0 Å². The molecule has 12 aliphatic carbocycles. The Kier molecular flexibility index (Phi) is 6.79. The van der Waals surface area contributed by atoms with Crippen LogP contribution in [-0.2, 0) is 53.0 Å². The molecule has 12 bridgehead atoms. The number of carbonyl (C=O) groups is 4. The van der Waals surface area contributed by atoms with Crippen LogP contribution in [0.15, 0.2) is 0 Å². The van der Waals surface area contributed by atoms with Crippen molar-refractivity contribution < 1.29 is 69.7 Å². The maximum Gasteiger partial charge on any atom is 0.465 e.